The number of nitrogens with zero attached hydrogens (tertiary/aromatic N) is 2. The third-order valence-corrected chi connectivity index (χ3v) is 5.25. The van der Waals surface area contributed by atoms with E-state index < -0.39 is 0 Å². The van der Waals surface area contributed by atoms with Crippen molar-refractivity contribution in [2.24, 2.45) is 22.0 Å². The highest BCUT2D eigenvalue weighted by Crippen LogP contribution is 2.31. The van der Waals surface area contributed by atoms with Crippen LogP contribution >= 0.6 is 0 Å². The summed E-state index contributed by atoms with van der Waals surface area (Å²) in [5, 5.41) is 9.03. The first kappa shape index (κ1) is 17.9. The predicted octanol–water partition coefficient (Wildman–Crippen LogP) is 5.82. The molecule has 0 bridgehead atoms. The number of rotatable bonds is 7. The Morgan fingerprint density at radius 2 is 2.04 bits per heavy atom. The van der Waals surface area contributed by atoms with Crippen LogP contribution in [0.1, 0.15) is 77.0 Å². The molecule has 1 aliphatic rings. The summed E-state index contributed by atoms with van der Waals surface area (Å²) in [4.78, 5) is 0. The standard InChI is InChI=1S/C21H32N2/c1-6-15(4)9-10-17-11-12-20-19(13-17)14-18(8-3)21(20)23-22-16(5)7-2/h11-13,15,18H,6-10,14H2,1-5H3. The van der Waals surface area contributed by atoms with Gasteiger partial charge < -0.3 is 0 Å². The lowest BCUT2D eigenvalue weighted by molar-refractivity contribution is 0.516. The van der Waals surface area contributed by atoms with Gasteiger partial charge in [0.15, 0.2) is 0 Å². The molecule has 0 radical (unpaired) electrons. The van der Waals surface area contributed by atoms with Crippen LogP contribution in [0.25, 0.3) is 0 Å². The number of hydrogen-bond donors (Lipinski definition) is 0. The summed E-state index contributed by atoms with van der Waals surface area (Å²) in [6, 6.07) is 7.00. The molecular formula is C21H32N2. The van der Waals surface area contributed by atoms with Crippen molar-refractivity contribution >= 4 is 11.4 Å². The van der Waals surface area contributed by atoms with Gasteiger partial charge in [0.1, 0.15) is 0 Å². The van der Waals surface area contributed by atoms with Crippen LogP contribution in [0, 0.1) is 11.8 Å². The maximum absolute atomic E-state index is 4.61. The quantitative estimate of drug-likeness (QED) is 0.447. The maximum atomic E-state index is 4.61. The van der Waals surface area contributed by atoms with Gasteiger partial charge in [0.05, 0.1) is 5.71 Å². The summed E-state index contributed by atoms with van der Waals surface area (Å²) < 4.78 is 0. The van der Waals surface area contributed by atoms with Gasteiger partial charge in [-0.1, -0.05) is 52.3 Å². The Hall–Kier alpha value is -1.44. The molecule has 1 aromatic rings. The number of hydrogen-bond acceptors (Lipinski definition) is 2. The van der Waals surface area contributed by atoms with E-state index in [2.05, 4.69) is 63.0 Å². The van der Waals surface area contributed by atoms with Crippen LogP contribution in [0.2, 0.25) is 0 Å². The third kappa shape index (κ3) is 4.53. The predicted molar refractivity (Wildman–Crippen MR) is 102 cm³/mol. The molecule has 0 amide bonds. The SMILES string of the molecule is CCC(C)=NN=C1c2ccc(CCC(C)CC)cc2CC1CC. The monoisotopic (exact) mass is 312 g/mol. The summed E-state index contributed by atoms with van der Waals surface area (Å²) in [5.74, 6) is 1.35. The topological polar surface area (TPSA) is 24.7 Å². The molecule has 0 saturated heterocycles. The molecule has 0 aliphatic heterocycles. The molecule has 0 N–H and O–H groups in total. The highest BCUT2D eigenvalue weighted by molar-refractivity contribution is 6.06. The molecule has 23 heavy (non-hydrogen) atoms. The molecule has 0 heterocycles. The van der Waals surface area contributed by atoms with E-state index in [1.165, 1.54) is 41.7 Å². The lowest BCUT2D eigenvalue weighted by atomic mass is 9.97. The molecule has 2 unspecified atom stereocenters. The van der Waals surface area contributed by atoms with Crippen LogP contribution in [-0.2, 0) is 12.8 Å². The van der Waals surface area contributed by atoms with Crippen LogP contribution in [0.5, 0.6) is 0 Å². The van der Waals surface area contributed by atoms with Gasteiger partial charge in [-0.05, 0) is 56.1 Å². The van der Waals surface area contributed by atoms with Crippen molar-refractivity contribution in [1.82, 2.24) is 0 Å². The fourth-order valence-corrected chi connectivity index (χ4v) is 3.10. The molecule has 0 fully saturated rings. The van der Waals surface area contributed by atoms with Crippen LogP contribution in [-0.4, -0.2) is 11.4 Å². The van der Waals surface area contributed by atoms with E-state index in [0.717, 1.165) is 30.9 Å². The average Bonchev–Trinajstić information content (AvgIpc) is 2.94. The zero-order valence-electron chi connectivity index (χ0n) is 15.5. The van der Waals surface area contributed by atoms with Crippen molar-refractivity contribution < 1.29 is 0 Å². The Morgan fingerprint density at radius 1 is 1.26 bits per heavy atom. The molecule has 1 aliphatic carbocycles. The highest BCUT2D eigenvalue weighted by Gasteiger charge is 2.27. The molecular weight excluding hydrogens is 280 g/mol. The molecule has 2 rings (SSSR count). The van der Waals surface area contributed by atoms with Gasteiger partial charge in [0.2, 0.25) is 0 Å². The number of aryl methyl sites for hydroxylation is 1. The zero-order chi connectivity index (χ0) is 16.8. The Kier molecular flexibility index (Phi) is 6.56. The molecule has 2 atom stereocenters. The summed E-state index contributed by atoms with van der Waals surface area (Å²) in [6.45, 7) is 11.1. The molecule has 2 heteroatoms. The minimum Gasteiger partial charge on any atom is -0.160 e. The largest absolute Gasteiger partial charge is 0.160 e. The second kappa shape index (κ2) is 8.42. The maximum Gasteiger partial charge on any atom is 0.0739 e. The van der Waals surface area contributed by atoms with Gasteiger partial charge in [0.25, 0.3) is 0 Å². The minimum absolute atomic E-state index is 0.531. The van der Waals surface area contributed by atoms with Crippen molar-refractivity contribution in [1.29, 1.82) is 0 Å². The molecule has 0 aromatic heterocycles. The van der Waals surface area contributed by atoms with Crippen molar-refractivity contribution in [2.75, 3.05) is 0 Å². The van der Waals surface area contributed by atoms with Crippen LogP contribution < -0.4 is 0 Å². The van der Waals surface area contributed by atoms with Crippen molar-refractivity contribution in [3.8, 4) is 0 Å². The first-order valence-electron chi connectivity index (χ1n) is 9.32. The van der Waals surface area contributed by atoms with E-state index in [0.29, 0.717) is 5.92 Å². The minimum atomic E-state index is 0.531. The highest BCUT2D eigenvalue weighted by atomic mass is 15.2. The normalized spacial score (nSPS) is 20.8. The fourth-order valence-electron chi connectivity index (χ4n) is 3.10. The van der Waals surface area contributed by atoms with E-state index >= 15 is 0 Å². The Labute approximate surface area is 142 Å². The molecule has 0 spiro atoms. The van der Waals surface area contributed by atoms with Crippen molar-refractivity contribution in [3.05, 3.63) is 34.9 Å². The van der Waals surface area contributed by atoms with Crippen LogP contribution in [0.3, 0.4) is 0 Å². The molecule has 1 aromatic carbocycles. The van der Waals surface area contributed by atoms with Crippen molar-refractivity contribution in [3.63, 3.8) is 0 Å². The van der Waals surface area contributed by atoms with E-state index in [4.69, 9.17) is 0 Å². The van der Waals surface area contributed by atoms with Crippen molar-refractivity contribution in [2.45, 2.75) is 73.1 Å². The Morgan fingerprint density at radius 3 is 2.70 bits per heavy atom. The first-order chi connectivity index (χ1) is 11.1. The lowest BCUT2D eigenvalue weighted by Crippen LogP contribution is -2.08. The van der Waals surface area contributed by atoms with Gasteiger partial charge >= 0.3 is 0 Å². The summed E-state index contributed by atoms with van der Waals surface area (Å²) in [6.07, 6.45) is 6.98. The molecule has 0 saturated carbocycles. The van der Waals surface area contributed by atoms with Gasteiger partial charge in [-0.3, -0.25) is 0 Å². The van der Waals surface area contributed by atoms with Gasteiger partial charge in [-0.25, -0.2) is 0 Å². The Bertz CT molecular complexity index is 584. The van der Waals surface area contributed by atoms with E-state index in [1.807, 2.05) is 0 Å². The zero-order valence-corrected chi connectivity index (χ0v) is 15.5. The smallest absolute Gasteiger partial charge is 0.0739 e. The summed E-state index contributed by atoms with van der Waals surface area (Å²) >= 11 is 0. The molecule has 126 valence electrons. The number of benzene rings is 1. The second-order valence-electron chi connectivity index (χ2n) is 7.03. The lowest BCUT2D eigenvalue weighted by Gasteiger charge is -2.09. The average molecular weight is 313 g/mol. The first-order valence-corrected chi connectivity index (χ1v) is 9.32. The van der Waals surface area contributed by atoms with Crippen LogP contribution in [0.4, 0.5) is 0 Å². The fraction of sp³-hybridized carbons (Fsp3) is 0.619. The van der Waals surface area contributed by atoms with Gasteiger partial charge in [-0.15, -0.1) is 0 Å². The summed E-state index contributed by atoms with van der Waals surface area (Å²) in [7, 11) is 0. The molecule has 2 nitrogen and oxygen atoms in total. The number of fused-ring (bicyclic) bond motifs is 1. The van der Waals surface area contributed by atoms with E-state index in [9.17, 15) is 0 Å². The van der Waals surface area contributed by atoms with Gasteiger partial charge in [0, 0.05) is 17.2 Å². The second-order valence-corrected chi connectivity index (χ2v) is 7.03. The summed E-state index contributed by atoms with van der Waals surface area (Å²) in [5.41, 5.74) is 6.58. The van der Waals surface area contributed by atoms with E-state index in [1.54, 1.807) is 0 Å². The van der Waals surface area contributed by atoms with Crippen LogP contribution in [0.15, 0.2) is 28.4 Å². The van der Waals surface area contributed by atoms with E-state index in [-0.39, 0.29) is 0 Å². The van der Waals surface area contributed by atoms with Gasteiger partial charge in [-0.2, -0.15) is 10.2 Å². The Balaban J connectivity index is 2.21. The third-order valence-electron chi connectivity index (χ3n) is 5.25.